The molecule has 3 aliphatic rings. The third-order valence-corrected chi connectivity index (χ3v) is 3.38. The molecule has 0 saturated carbocycles. The molecule has 1 saturated heterocycles. The molecule has 3 nitrogen and oxygen atoms in total. The lowest BCUT2D eigenvalue weighted by molar-refractivity contribution is 0.318. The van der Waals surface area contributed by atoms with Crippen LogP contribution in [0.1, 0.15) is 6.42 Å². The molecule has 2 N–H and O–H groups in total. The maximum absolute atomic E-state index is 4.62. The van der Waals surface area contributed by atoms with Crippen molar-refractivity contribution in [3.8, 4) is 0 Å². The fraction of sp³-hybridized carbons (Fsp3) is 0.545. The van der Waals surface area contributed by atoms with Crippen molar-refractivity contribution in [2.75, 3.05) is 6.54 Å². The Morgan fingerprint density at radius 3 is 3.29 bits per heavy atom. The molecule has 0 aromatic carbocycles. The number of aliphatic imine (C=N–C) groups is 1. The van der Waals surface area contributed by atoms with Crippen LogP contribution in [0.3, 0.4) is 0 Å². The Morgan fingerprint density at radius 2 is 2.29 bits per heavy atom. The first kappa shape index (κ1) is 8.38. The predicted octanol–water partition coefficient (Wildman–Crippen LogP) is 0.664. The molecule has 14 heavy (non-hydrogen) atoms. The van der Waals surface area contributed by atoms with Gasteiger partial charge in [0.25, 0.3) is 0 Å². The smallest absolute Gasteiger partial charge is 0.0725 e. The van der Waals surface area contributed by atoms with Crippen molar-refractivity contribution in [2.24, 2.45) is 16.8 Å². The molecule has 74 valence electrons. The topological polar surface area (TPSA) is 36.4 Å². The molecular formula is C11H15N3. The average molecular weight is 189 g/mol. The van der Waals surface area contributed by atoms with Gasteiger partial charge in [-0.15, -0.1) is 0 Å². The van der Waals surface area contributed by atoms with Crippen molar-refractivity contribution in [2.45, 2.75) is 18.5 Å². The molecule has 0 aromatic rings. The summed E-state index contributed by atoms with van der Waals surface area (Å²) >= 11 is 0. The summed E-state index contributed by atoms with van der Waals surface area (Å²) in [5, 5.41) is 0. The van der Waals surface area contributed by atoms with Gasteiger partial charge in [-0.25, -0.2) is 0 Å². The third kappa shape index (κ3) is 1.24. The van der Waals surface area contributed by atoms with E-state index in [1.54, 1.807) is 0 Å². The first-order valence-corrected chi connectivity index (χ1v) is 5.30. The molecule has 0 amide bonds. The van der Waals surface area contributed by atoms with Gasteiger partial charge in [0.1, 0.15) is 0 Å². The van der Waals surface area contributed by atoms with Crippen LogP contribution in [0.4, 0.5) is 0 Å². The number of fused-ring (bicyclic) bond motifs is 3. The number of hydrogen-bond acceptors (Lipinski definition) is 3. The molecule has 0 aromatic heterocycles. The maximum atomic E-state index is 4.62. The fourth-order valence-corrected chi connectivity index (χ4v) is 2.60. The Bertz CT molecular complexity index is 306. The average Bonchev–Trinajstić information content (AvgIpc) is 2.55. The fourth-order valence-electron chi connectivity index (χ4n) is 2.60. The molecule has 2 aliphatic heterocycles. The van der Waals surface area contributed by atoms with Crippen LogP contribution in [0, 0.1) is 11.8 Å². The molecule has 1 aliphatic carbocycles. The minimum absolute atomic E-state index is 0.374. The molecule has 3 heteroatoms. The highest BCUT2D eigenvalue weighted by Crippen LogP contribution is 2.29. The van der Waals surface area contributed by atoms with Crippen molar-refractivity contribution in [1.29, 1.82) is 0 Å². The Labute approximate surface area is 84.0 Å². The summed E-state index contributed by atoms with van der Waals surface area (Å²) < 4.78 is 0. The lowest BCUT2D eigenvalue weighted by Gasteiger charge is -2.32. The van der Waals surface area contributed by atoms with Crippen LogP contribution < -0.4 is 10.9 Å². The lowest BCUT2D eigenvalue weighted by Crippen LogP contribution is -2.45. The summed E-state index contributed by atoms with van der Waals surface area (Å²) in [7, 11) is 0. The van der Waals surface area contributed by atoms with Gasteiger partial charge in [-0.1, -0.05) is 24.3 Å². The molecule has 1 fully saturated rings. The van der Waals surface area contributed by atoms with Gasteiger partial charge in [0.15, 0.2) is 0 Å². The molecule has 4 unspecified atom stereocenters. The zero-order valence-corrected chi connectivity index (χ0v) is 8.06. The highest BCUT2D eigenvalue weighted by atomic mass is 15.4. The Balaban J connectivity index is 1.91. The summed E-state index contributed by atoms with van der Waals surface area (Å²) in [5.74, 6) is 1.20. The van der Waals surface area contributed by atoms with Crippen molar-refractivity contribution in [3.05, 3.63) is 24.3 Å². The number of allylic oxidation sites excluding steroid dienone is 3. The zero-order valence-electron chi connectivity index (χ0n) is 8.06. The van der Waals surface area contributed by atoms with Crippen LogP contribution in [0.25, 0.3) is 0 Å². The van der Waals surface area contributed by atoms with E-state index in [0.29, 0.717) is 23.9 Å². The highest BCUT2D eigenvalue weighted by molar-refractivity contribution is 5.65. The number of nitrogens with one attached hydrogen (secondary N) is 2. The number of nitrogens with zero attached hydrogens (tertiary/aromatic N) is 1. The van der Waals surface area contributed by atoms with E-state index in [0.717, 1.165) is 13.0 Å². The number of rotatable bonds is 0. The normalized spacial score (nSPS) is 44.6. The van der Waals surface area contributed by atoms with Crippen LogP contribution in [0.5, 0.6) is 0 Å². The van der Waals surface area contributed by atoms with Gasteiger partial charge in [-0.05, 0) is 6.42 Å². The molecule has 4 atom stereocenters. The molecule has 0 bridgehead atoms. The van der Waals surface area contributed by atoms with Gasteiger partial charge in [0.05, 0.1) is 6.04 Å². The first-order valence-electron chi connectivity index (χ1n) is 5.30. The molecule has 0 spiro atoms. The lowest BCUT2D eigenvalue weighted by atomic mass is 9.81. The van der Waals surface area contributed by atoms with Gasteiger partial charge in [-0.2, -0.15) is 0 Å². The van der Waals surface area contributed by atoms with Crippen LogP contribution in [-0.2, 0) is 0 Å². The minimum atomic E-state index is 0.374. The summed E-state index contributed by atoms with van der Waals surface area (Å²) in [6.07, 6.45) is 12.0. The monoisotopic (exact) mass is 189 g/mol. The van der Waals surface area contributed by atoms with E-state index in [9.17, 15) is 0 Å². The quantitative estimate of drug-likeness (QED) is 0.587. The van der Waals surface area contributed by atoms with E-state index in [1.165, 1.54) is 0 Å². The molecule has 3 rings (SSSR count). The van der Waals surface area contributed by atoms with Gasteiger partial charge in [0, 0.05) is 30.6 Å². The van der Waals surface area contributed by atoms with Gasteiger partial charge in [0.2, 0.25) is 0 Å². The second kappa shape index (κ2) is 3.33. The van der Waals surface area contributed by atoms with E-state index < -0.39 is 0 Å². The van der Waals surface area contributed by atoms with Crippen LogP contribution in [0.15, 0.2) is 29.3 Å². The van der Waals surface area contributed by atoms with E-state index in [-0.39, 0.29) is 0 Å². The predicted molar refractivity (Wildman–Crippen MR) is 57.1 cm³/mol. The number of hydrogen-bond donors (Lipinski definition) is 2. The second-order valence-corrected chi connectivity index (χ2v) is 4.22. The van der Waals surface area contributed by atoms with Crippen molar-refractivity contribution >= 4 is 6.21 Å². The van der Waals surface area contributed by atoms with E-state index in [4.69, 9.17) is 0 Å². The first-order chi connectivity index (χ1) is 6.95. The van der Waals surface area contributed by atoms with Crippen LogP contribution >= 0.6 is 0 Å². The summed E-state index contributed by atoms with van der Waals surface area (Å²) in [5.41, 5.74) is 6.60. The van der Waals surface area contributed by atoms with E-state index in [1.807, 2.05) is 0 Å². The largest absolute Gasteiger partial charge is 0.289 e. The summed E-state index contributed by atoms with van der Waals surface area (Å²) in [6.45, 7) is 1.02. The van der Waals surface area contributed by atoms with E-state index >= 15 is 0 Å². The minimum Gasteiger partial charge on any atom is -0.289 e. The Hall–Kier alpha value is -0.930. The van der Waals surface area contributed by atoms with Crippen molar-refractivity contribution < 1.29 is 0 Å². The van der Waals surface area contributed by atoms with Crippen LogP contribution in [-0.4, -0.2) is 24.8 Å². The Morgan fingerprint density at radius 1 is 1.29 bits per heavy atom. The van der Waals surface area contributed by atoms with Gasteiger partial charge >= 0.3 is 0 Å². The van der Waals surface area contributed by atoms with Crippen LogP contribution in [0.2, 0.25) is 0 Å². The second-order valence-electron chi connectivity index (χ2n) is 4.22. The maximum Gasteiger partial charge on any atom is 0.0725 e. The summed E-state index contributed by atoms with van der Waals surface area (Å²) in [4.78, 5) is 4.62. The standard InChI is InChI=1S/C11H15N3/c1-2-4-9-10(5-3-1)12-6-8-7-13-14-11(8)9/h1-3,5-6,8-11,13-14H,4,7H2. The summed E-state index contributed by atoms with van der Waals surface area (Å²) in [6, 6.07) is 0.934. The molecule has 2 heterocycles. The van der Waals surface area contributed by atoms with Crippen molar-refractivity contribution in [3.63, 3.8) is 0 Å². The van der Waals surface area contributed by atoms with Crippen molar-refractivity contribution in [1.82, 2.24) is 10.9 Å². The van der Waals surface area contributed by atoms with Gasteiger partial charge < -0.3 is 0 Å². The SMILES string of the molecule is C1=CCC2C(C=C1)N=CC1CNNC12. The number of hydrazine groups is 1. The Kier molecular flexibility index (Phi) is 2.00. The third-order valence-electron chi connectivity index (χ3n) is 3.38. The molecular weight excluding hydrogens is 174 g/mol. The zero-order chi connectivity index (χ0) is 9.38. The highest BCUT2D eigenvalue weighted by Gasteiger charge is 2.38. The van der Waals surface area contributed by atoms with Gasteiger partial charge in [-0.3, -0.25) is 15.8 Å². The molecule has 0 radical (unpaired) electrons. The van der Waals surface area contributed by atoms with E-state index in [2.05, 4.69) is 46.4 Å².